The lowest BCUT2D eigenvalue weighted by Gasteiger charge is -2.10. The molecule has 0 spiro atoms. The lowest BCUT2D eigenvalue weighted by atomic mass is 10.0. The van der Waals surface area contributed by atoms with E-state index in [1.54, 1.807) is 6.07 Å². The van der Waals surface area contributed by atoms with Gasteiger partial charge in [-0.3, -0.25) is 0 Å². The summed E-state index contributed by atoms with van der Waals surface area (Å²) in [4.78, 5) is 5.40. The third kappa shape index (κ3) is 3.84. The Balaban J connectivity index is 1.48. The van der Waals surface area contributed by atoms with E-state index < -0.39 is 0 Å². The predicted octanol–water partition coefficient (Wildman–Crippen LogP) is 3.76. The summed E-state index contributed by atoms with van der Waals surface area (Å²) in [6.45, 7) is 1.39. The van der Waals surface area contributed by atoms with E-state index in [0.717, 1.165) is 28.4 Å². The van der Waals surface area contributed by atoms with Gasteiger partial charge in [0.2, 0.25) is 0 Å². The zero-order chi connectivity index (χ0) is 15.4. The topological polar surface area (TPSA) is 33.6 Å². The fourth-order valence-corrected chi connectivity index (χ4v) is 2.61. The number of nitrogens with one attached hydrogen (secondary N) is 1. The molecule has 0 saturated heterocycles. The van der Waals surface area contributed by atoms with Crippen molar-refractivity contribution in [1.29, 1.82) is 0 Å². The Kier molecular flexibility index (Phi) is 4.71. The summed E-state index contributed by atoms with van der Waals surface area (Å²) in [7, 11) is 0. The number of oxime groups is 1. The first kappa shape index (κ1) is 15.0. The van der Waals surface area contributed by atoms with Crippen LogP contribution in [-0.4, -0.2) is 18.4 Å². The molecule has 114 valence electrons. The van der Waals surface area contributed by atoms with Gasteiger partial charge in [-0.15, -0.1) is 0 Å². The zero-order valence-corrected chi connectivity index (χ0v) is 12.7. The van der Waals surface area contributed by atoms with Crippen LogP contribution in [0.5, 0.6) is 0 Å². The highest BCUT2D eigenvalue weighted by molar-refractivity contribution is 6.30. The molecule has 3 nitrogen and oxygen atoms in total. The summed E-state index contributed by atoms with van der Waals surface area (Å²) < 4.78 is 13.2. The molecule has 1 unspecified atom stereocenters. The lowest BCUT2D eigenvalue weighted by Crippen LogP contribution is -2.26. The van der Waals surface area contributed by atoms with E-state index in [-0.39, 0.29) is 11.9 Å². The predicted molar refractivity (Wildman–Crippen MR) is 85.6 cm³/mol. The first-order valence-corrected chi connectivity index (χ1v) is 7.52. The van der Waals surface area contributed by atoms with Crippen LogP contribution in [-0.2, 0) is 11.4 Å². The van der Waals surface area contributed by atoms with Crippen LogP contribution in [0.1, 0.15) is 17.5 Å². The van der Waals surface area contributed by atoms with Crippen LogP contribution < -0.4 is 5.32 Å². The van der Waals surface area contributed by atoms with Crippen molar-refractivity contribution in [3.8, 4) is 0 Å². The second kappa shape index (κ2) is 6.90. The van der Waals surface area contributed by atoms with Crippen molar-refractivity contribution >= 4 is 17.3 Å². The molecule has 1 aliphatic heterocycles. The van der Waals surface area contributed by atoms with Gasteiger partial charge in [-0.1, -0.05) is 41.0 Å². The molecule has 1 atom stereocenters. The minimum atomic E-state index is -0.261. The smallest absolute Gasteiger partial charge is 0.145 e. The minimum Gasteiger partial charge on any atom is -0.390 e. The molecule has 0 fully saturated rings. The highest BCUT2D eigenvalue weighted by Crippen LogP contribution is 2.17. The van der Waals surface area contributed by atoms with Crippen LogP contribution in [0.4, 0.5) is 4.39 Å². The van der Waals surface area contributed by atoms with Crippen molar-refractivity contribution in [2.24, 2.45) is 5.16 Å². The van der Waals surface area contributed by atoms with Gasteiger partial charge in [-0.05, 0) is 29.8 Å². The van der Waals surface area contributed by atoms with Gasteiger partial charge in [0, 0.05) is 30.1 Å². The third-order valence-electron chi connectivity index (χ3n) is 3.48. The summed E-state index contributed by atoms with van der Waals surface area (Å²) in [6, 6.07) is 14.1. The van der Waals surface area contributed by atoms with E-state index in [0.29, 0.717) is 13.0 Å². The number of halogens is 2. The molecule has 1 heterocycles. The van der Waals surface area contributed by atoms with Gasteiger partial charge in [-0.2, -0.15) is 0 Å². The molecule has 2 aromatic carbocycles. The number of benzene rings is 2. The van der Waals surface area contributed by atoms with E-state index in [1.807, 2.05) is 30.3 Å². The Morgan fingerprint density at radius 3 is 2.91 bits per heavy atom. The fourth-order valence-electron chi connectivity index (χ4n) is 2.40. The second-order valence-electron chi connectivity index (χ2n) is 5.24. The highest BCUT2D eigenvalue weighted by Gasteiger charge is 2.21. The molecule has 0 amide bonds. The number of rotatable bonds is 5. The van der Waals surface area contributed by atoms with Crippen molar-refractivity contribution in [1.82, 2.24) is 5.32 Å². The first-order valence-electron chi connectivity index (χ1n) is 7.14. The largest absolute Gasteiger partial charge is 0.390 e. The van der Waals surface area contributed by atoms with Crippen molar-refractivity contribution in [3.63, 3.8) is 0 Å². The van der Waals surface area contributed by atoms with Crippen LogP contribution in [0.3, 0.4) is 0 Å². The first-order chi connectivity index (χ1) is 10.7. The Morgan fingerprint density at radius 1 is 1.23 bits per heavy atom. The maximum atomic E-state index is 13.2. The van der Waals surface area contributed by atoms with Crippen molar-refractivity contribution in [2.75, 3.05) is 6.54 Å². The molecule has 1 N–H and O–H groups in total. The number of hydrogen-bond donors (Lipinski definition) is 1. The van der Waals surface area contributed by atoms with E-state index in [9.17, 15) is 4.39 Å². The van der Waals surface area contributed by atoms with Gasteiger partial charge >= 0.3 is 0 Å². The van der Waals surface area contributed by atoms with Crippen molar-refractivity contribution in [3.05, 3.63) is 70.5 Å². The Hall–Kier alpha value is -1.91. The van der Waals surface area contributed by atoms with Gasteiger partial charge < -0.3 is 10.2 Å². The monoisotopic (exact) mass is 318 g/mol. The molecule has 22 heavy (non-hydrogen) atoms. The van der Waals surface area contributed by atoms with Crippen molar-refractivity contribution < 1.29 is 9.23 Å². The molecular weight excluding hydrogens is 303 g/mol. The van der Waals surface area contributed by atoms with Crippen molar-refractivity contribution in [2.45, 2.75) is 19.1 Å². The normalized spacial score (nSPS) is 17.2. The van der Waals surface area contributed by atoms with Gasteiger partial charge in [-0.25, -0.2) is 4.39 Å². The van der Waals surface area contributed by atoms with Gasteiger partial charge in [0.05, 0.1) is 5.71 Å². The molecule has 2 aromatic rings. The Morgan fingerprint density at radius 2 is 2.09 bits per heavy atom. The number of nitrogens with zero attached hydrogens (tertiary/aromatic N) is 1. The molecule has 5 heteroatoms. The molecular formula is C17H16ClFN2O. The second-order valence-corrected chi connectivity index (χ2v) is 5.68. The van der Waals surface area contributed by atoms with Crippen LogP contribution >= 0.6 is 11.6 Å². The standard InChI is InChI=1S/C17H16ClFN2O/c18-14-5-1-3-12(7-14)10-20-11-16-9-17(21-22-16)13-4-2-6-15(19)8-13/h1-8,16,20H,9-11H2. The summed E-state index contributed by atoms with van der Waals surface area (Å²) >= 11 is 5.95. The molecule has 0 bridgehead atoms. The lowest BCUT2D eigenvalue weighted by molar-refractivity contribution is 0.0848. The molecule has 0 aromatic heterocycles. The van der Waals surface area contributed by atoms with Gasteiger partial charge in [0.1, 0.15) is 11.9 Å². The quantitative estimate of drug-likeness (QED) is 0.910. The average Bonchev–Trinajstić information content (AvgIpc) is 2.96. The van der Waals surface area contributed by atoms with Crippen LogP contribution in [0.15, 0.2) is 53.7 Å². The third-order valence-corrected chi connectivity index (χ3v) is 3.72. The molecule has 1 aliphatic rings. The summed E-state index contributed by atoms with van der Waals surface area (Å²) in [5, 5.41) is 8.11. The van der Waals surface area contributed by atoms with Gasteiger partial charge in [0.25, 0.3) is 0 Å². The maximum Gasteiger partial charge on any atom is 0.145 e. The molecule has 3 rings (SSSR count). The Labute approximate surface area is 133 Å². The van der Waals surface area contributed by atoms with Gasteiger partial charge in [0.15, 0.2) is 0 Å². The van der Waals surface area contributed by atoms with E-state index in [1.165, 1.54) is 12.1 Å². The molecule has 0 aliphatic carbocycles. The zero-order valence-electron chi connectivity index (χ0n) is 11.9. The summed E-state index contributed by atoms with van der Waals surface area (Å²) in [5.41, 5.74) is 2.68. The van der Waals surface area contributed by atoms with Crippen LogP contribution in [0.25, 0.3) is 0 Å². The maximum absolute atomic E-state index is 13.2. The minimum absolute atomic E-state index is 0.0301. The average molecular weight is 319 g/mol. The SMILES string of the molecule is Fc1cccc(C2=NOC(CNCc3cccc(Cl)c3)C2)c1. The Bertz CT molecular complexity index is 690. The van der Waals surface area contributed by atoms with E-state index in [4.69, 9.17) is 16.4 Å². The van der Waals surface area contributed by atoms with Crippen LogP contribution in [0, 0.1) is 5.82 Å². The molecule has 0 radical (unpaired) electrons. The highest BCUT2D eigenvalue weighted by atomic mass is 35.5. The molecule has 0 saturated carbocycles. The number of hydrogen-bond acceptors (Lipinski definition) is 3. The summed E-state index contributed by atoms with van der Waals surface area (Å²) in [5.74, 6) is -0.261. The summed E-state index contributed by atoms with van der Waals surface area (Å²) in [6.07, 6.45) is 0.642. The fraction of sp³-hybridized carbons (Fsp3) is 0.235. The van der Waals surface area contributed by atoms with E-state index >= 15 is 0 Å². The van der Waals surface area contributed by atoms with E-state index in [2.05, 4.69) is 10.5 Å². The van der Waals surface area contributed by atoms with Crippen LogP contribution in [0.2, 0.25) is 5.02 Å².